The van der Waals surface area contributed by atoms with Gasteiger partial charge in [0, 0.05) is 50.9 Å². The first kappa shape index (κ1) is 20.5. The van der Waals surface area contributed by atoms with Crippen LogP contribution < -0.4 is 4.74 Å². The van der Waals surface area contributed by atoms with Crippen molar-refractivity contribution in [3.05, 3.63) is 75.8 Å². The van der Waals surface area contributed by atoms with Gasteiger partial charge < -0.3 is 9.64 Å². The van der Waals surface area contributed by atoms with Crippen molar-refractivity contribution in [2.75, 3.05) is 32.8 Å². The molecule has 2 aromatic rings. The zero-order chi connectivity index (χ0) is 20.6. The van der Waals surface area contributed by atoms with E-state index in [2.05, 4.69) is 4.90 Å². The number of piperazine rings is 1. The molecule has 1 aliphatic heterocycles. The summed E-state index contributed by atoms with van der Waals surface area (Å²) in [5.41, 5.74) is 1.97. The molecule has 0 saturated carbocycles. The highest BCUT2D eigenvalue weighted by Crippen LogP contribution is 2.16. The summed E-state index contributed by atoms with van der Waals surface area (Å²) < 4.78 is 5.42. The molecule has 1 fully saturated rings. The normalized spacial score (nSPS) is 14.9. The van der Waals surface area contributed by atoms with E-state index >= 15 is 0 Å². The first-order chi connectivity index (χ1) is 14.0. The van der Waals surface area contributed by atoms with Crippen LogP contribution in [-0.2, 0) is 11.3 Å². The average molecular weight is 395 g/mol. The van der Waals surface area contributed by atoms with Gasteiger partial charge in [-0.05, 0) is 36.3 Å². The number of carbonyl (C=O) groups is 1. The standard InChI is InChI=1S/C22H25N3O4/c1-2-29-21-9-6-18(7-10-21)8-11-22(26)24-14-12-23(13-15-24)17-19-4-3-5-20(16-19)25(27)28/h3-11,16H,2,12-15,17H2,1H3/b11-8+. The van der Waals surface area contributed by atoms with Crippen molar-refractivity contribution in [3.63, 3.8) is 0 Å². The summed E-state index contributed by atoms with van der Waals surface area (Å²) in [6.45, 7) is 5.97. The number of amides is 1. The quantitative estimate of drug-likeness (QED) is 0.408. The Morgan fingerprint density at radius 2 is 1.86 bits per heavy atom. The summed E-state index contributed by atoms with van der Waals surface area (Å²) >= 11 is 0. The SMILES string of the molecule is CCOc1ccc(/C=C/C(=O)N2CCN(Cc3cccc([N+](=O)[O-])c3)CC2)cc1. The van der Waals surface area contributed by atoms with Crippen LogP contribution in [0.1, 0.15) is 18.1 Å². The fourth-order valence-electron chi connectivity index (χ4n) is 3.27. The van der Waals surface area contributed by atoms with E-state index in [1.165, 1.54) is 6.07 Å². The van der Waals surface area contributed by atoms with Crippen molar-refractivity contribution in [2.24, 2.45) is 0 Å². The van der Waals surface area contributed by atoms with E-state index in [0.717, 1.165) is 30.0 Å². The van der Waals surface area contributed by atoms with E-state index in [-0.39, 0.29) is 16.5 Å². The molecule has 7 heteroatoms. The molecule has 0 radical (unpaired) electrons. The lowest BCUT2D eigenvalue weighted by atomic mass is 10.1. The third-order valence-corrected chi connectivity index (χ3v) is 4.82. The summed E-state index contributed by atoms with van der Waals surface area (Å²) in [6.07, 6.45) is 3.42. The maximum atomic E-state index is 12.4. The molecule has 2 aromatic carbocycles. The van der Waals surface area contributed by atoms with Crippen molar-refractivity contribution in [1.82, 2.24) is 9.80 Å². The average Bonchev–Trinajstić information content (AvgIpc) is 2.74. The minimum atomic E-state index is -0.378. The number of hydrogen-bond donors (Lipinski definition) is 0. The van der Waals surface area contributed by atoms with Crippen molar-refractivity contribution in [3.8, 4) is 5.75 Å². The topological polar surface area (TPSA) is 75.9 Å². The number of carbonyl (C=O) groups excluding carboxylic acids is 1. The molecular weight excluding hydrogens is 370 g/mol. The van der Waals surface area contributed by atoms with Gasteiger partial charge in [0.25, 0.3) is 5.69 Å². The number of rotatable bonds is 7. The van der Waals surface area contributed by atoms with Gasteiger partial charge in [0.15, 0.2) is 0 Å². The van der Waals surface area contributed by atoms with Gasteiger partial charge in [-0.15, -0.1) is 0 Å². The maximum Gasteiger partial charge on any atom is 0.269 e. The second kappa shape index (κ2) is 9.84. The third-order valence-electron chi connectivity index (χ3n) is 4.82. The lowest BCUT2D eigenvalue weighted by molar-refractivity contribution is -0.384. The molecule has 1 amide bonds. The van der Waals surface area contributed by atoms with Gasteiger partial charge in [-0.1, -0.05) is 24.3 Å². The third kappa shape index (κ3) is 5.89. The van der Waals surface area contributed by atoms with Crippen LogP contribution in [0.25, 0.3) is 6.08 Å². The first-order valence-corrected chi connectivity index (χ1v) is 9.70. The highest BCUT2D eigenvalue weighted by atomic mass is 16.6. The molecule has 29 heavy (non-hydrogen) atoms. The Balaban J connectivity index is 1.49. The van der Waals surface area contributed by atoms with E-state index in [4.69, 9.17) is 4.74 Å². The van der Waals surface area contributed by atoms with Crippen molar-refractivity contribution < 1.29 is 14.5 Å². The molecule has 0 atom stereocenters. The molecule has 0 unspecified atom stereocenters. The minimum Gasteiger partial charge on any atom is -0.494 e. The molecule has 0 bridgehead atoms. The van der Waals surface area contributed by atoms with Crippen LogP contribution in [0.5, 0.6) is 5.75 Å². The monoisotopic (exact) mass is 395 g/mol. The number of ether oxygens (including phenoxy) is 1. The van der Waals surface area contributed by atoms with Crippen LogP contribution in [0.15, 0.2) is 54.6 Å². The number of nitro groups is 1. The van der Waals surface area contributed by atoms with Crippen LogP contribution in [0.3, 0.4) is 0 Å². The molecule has 7 nitrogen and oxygen atoms in total. The Labute approximate surface area is 170 Å². The summed E-state index contributed by atoms with van der Waals surface area (Å²) in [7, 11) is 0. The van der Waals surface area contributed by atoms with Gasteiger partial charge in [-0.3, -0.25) is 19.8 Å². The number of non-ortho nitro benzene ring substituents is 1. The molecule has 1 aliphatic rings. The van der Waals surface area contributed by atoms with Crippen molar-refractivity contribution in [2.45, 2.75) is 13.5 Å². The van der Waals surface area contributed by atoms with Gasteiger partial charge in [-0.25, -0.2) is 0 Å². The molecule has 0 spiro atoms. The highest BCUT2D eigenvalue weighted by Gasteiger charge is 2.20. The fourth-order valence-corrected chi connectivity index (χ4v) is 3.27. The maximum absolute atomic E-state index is 12.4. The Kier molecular flexibility index (Phi) is 6.97. The van der Waals surface area contributed by atoms with Crippen LogP contribution in [0.4, 0.5) is 5.69 Å². The van der Waals surface area contributed by atoms with E-state index in [9.17, 15) is 14.9 Å². The second-order valence-electron chi connectivity index (χ2n) is 6.86. The molecule has 3 rings (SSSR count). The van der Waals surface area contributed by atoms with Crippen LogP contribution in [0, 0.1) is 10.1 Å². The summed E-state index contributed by atoms with van der Waals surface area (Å²) in [5.74, 6) is 0.810. The van der Waals surface area contributed by atoms with Crippen molar-refractivity contribution in [1.29, 1.82) is 0 Å². The Morgan fingerprint density at radius 1 is 1.14 bits per heavy atom. The van der Waals surface area contributed by atoms with E-state index in [1.54, 1.807) is 18.2 Å². The molecular formula is C22H25N3O4. The summed E-state index contributed by atoms with van der Waals surface area (Å²) in [4.78, 5) is 27.0. The Morgan fingerprint density at radius 3 is 2.52 bits per heavy atom. The Hall–Kier alpha value is -3.19. The fraction of sp³-hybridized carbons (Fsp3) is 0.318. The second-order valence-corrected chi connectivity index (χ2v) is 6.86. The molecule has 0 N–H and O–H groups in total. The number of hydrogen-bond acceptors (Lipinski definition) is 5. The van der Waals surface area contributed by atoms with Gasteiger partial charge in [0.05, 0.1) is 11.5 Å². The number of nitrogens with zero attached hydrogens (tertiary/aromatic N) is 3. The predicted molar refractivity (Wildman–Crippen MR) is 112 cm³/mol. The zero-order valence-electron chi connectivity index (χ0n) is 16.5. The minimum absolute atomic E-state index is 0.00566. The van der Waals surface area contributed by atoms with Crippen LogP contribution >= 0.6 is 0 Å². The summed E-state index contributed by atoms with van der Waals surface area (Å²) in [6, 6.07) is 14.3. The zero-order valence-corrected chi connectivity index (χ0v) is 16.5. The lowest BCUT2D eigenvalue weighted by Crippen LogP contribution is -2.47. The molecule has 0 aromatic heterocycles. The highest BCUT2D eigenvalue weighted by molar-refractivity contribution is 5.91. The molecule has 1 heterocycles. The summed E-state index contributed by atoms with van der Waals surface area (Å²) in [5, 5.41) is 10.9. The number of nitro benzene ring substituents is 1. The van der Waals surface area contributed by atoms with Gasteiger partial charge in [-0.2, -0.15) is 0 Å². The number of benzene rings is 2. The first-order valence-electron chi connectivity index (χ1n) is 9.70. The lowest BCUT2D eigenvalue weighted by Gasteiger charge is -2.34. The smallest absolute Gasteiger partial charge is 0.269 e. The predicted octanol–water partition coefficient (Wildman–Crippen LogP) is 3.35. The largest absolute Gasteiger partial charge is 0.494 e. The van der Waals surface area contributed by atoms with E-state index in [1.807, 2.05) is 48.2 Å². The van der Waals surface area contributed by atoms with Gasteiger partial charge in [0.2, 0.25) is 5.91 Å². The molecule has 152 valence electrons. The van der Waals surface area contributed by atoms with Crippen LogP contribution in [0.2, 0.25) is 0 Å². The molecule has 1 saturated heterocycles. The van der Waals surface area contributed by atoms with Gasteiger partial charge in [0.1, 0.15) is 5.75 Å². The van der Waals surface area contributed by atoms with Crippen LogP contribution in [-0.4, -0.2) is 53.4 Å². The van der Waals surface area contributed by atoms with E-state index < -0.39 is 0 Å². The van der Waals surface area contributed by atoms with Gasteiger partial charge >= 0.3 is 0 Å². The molecule has 0 aliphatic carbocycles. The van der Waals surface area contributed by atoms with E-state index in [0.29, 0.717) is 26.2 Å². The van der Waals surface area contributed by atoms with Crippen molar-refractivity contribution >= 4 is 17.7 Å². The Bertz CT molecular complexity index is 872.